The first-order valence-corrected chi connectivity index (χ1v) is 4.37. The van der Waals surface area contributed by atoms with E-state index in [0.717, 1.165) is 11.1 Å². The molecule has 0 aliphatic heterocycles. The quantitative estimate of drug-likeness (QED) is 0.672. The second-order valence-electron chi connectivity index (χ2n) is 2.26. The summed E-state index contributed by atoms with van der Waals surface area (Å²) in [4.78, 5) is 0. The fourth-order valence-corrected chi connectivity index (χ4v) is 1.20. The van der Waals surface area contributed by atoms with Gasteiger partial charge in [-0.1, -0.05) is 41.4 Å². The van der Waals surface area contributed by atoms with Crippen LogP contribution in [0.3, 0.4) is 0 Å². The molecule has 0 saturated carbocycles. The number of hydrogen-bond acceptors (Lipinski definition) is 0. The lowest BCUT2D eigenvalue weighted by molar-refractivity contribution is 1.62. The summed E-state index contributed by atoms with van der Waals surface area (Å²) >= 11 is 10.9. The summed E-state index contributed by atoms with van der Waals surface area (Å²) in [5.41, 5.74) is 5.11. The van der Waals surface area contributed by atoms with Crippen LogP contribution in [0.25, 0.3) is 12.2 Å². The van der Waals surface area contributed by atoms with Crippen LogP contribution in [0.15, 0.2) is 35.3 Å². The molecule has 0 fully saturated rings. The van der Waals surface area contributed by atoms with Crippen LogP contribution in [0, 0.1) is 0 Å². The SMILES string of the molecule is Cl/C=C/c1cccc(/C=C/Cl)c1. The maximum atomic E-state index is 5.44. The molecule has 0 N–H and O–H groups in total. The summed E-state index contributed by atoms with van der Waals surface area (Å²) in [6.45, 7) is 0. The average Bonchev–Trinajstić information content (AvgIpc) is 2.06. The lowest BCUT2D eigenvalue weighted by atomic mass is 10.1. The first-order valence-electron chi connectivity index (χ1n) is 3.50. The van der Waals surface area contributed by atoms with Crippen molar-refractivity contribution in [1.82, 2.24) is 0 Å². The van der Waals surface area contributed by atoms with E-state index in [2.05, 4.69) is 0 Å². The Morgan fingerprint density at radius 2 is 1.42 bits per heavy atom. The zero-order valence-corrected chi connectivity index (χ0v) is 7.89. The van der Waals surface area contributed by atoms with Gasteiger partial charge in [-0.2, -0.15) is 0 Å². The van der Waals surface area contributed by atoms with E-state index in [1.54, 1.807) is 0 Å². The van der Waals surface area contributed by atoms with Gasteiger partial charge in [-0.15, -0.1) is 0 Å². The molecule has 0 spiro atoms. The Kier molecular flexibility index (Phi) is 3.92. The largest absolute Gasteiger partial charge is 0.0929 e. The van der Waals surface area contributed by atoms with Crippen LogP contribution in [-0.2, 0) is 0 Å². The molecule has 1 aromatic rings. The van der Waals surface area contributed by atoms with Crippen LogP contribution < -0.4 is 0 Å². The molecule has 12 heavy (non-hydrogen) atoms. The third-order valence-electron chi connectivity index (χ3n) is 1.42. The van der Waals surface area contributed by atoms with Gasteiger partial charge in [0.2, 0.25) is 0 Å². The van der Waals surface area contributed by atoms with Crippen molar-refractivity contribution in [2.45, 2.75) is 0 Å². The van der Waals surface area contributed by atoms with E-state index >= 15 is 0 Å². The molecule has 1 aromatic carbocycles. The molecule has 0 atom stereocenters. The Morgan fingerprint density at radius 3 is 1.83 bits per heavy atom. The zero-order valence-electron chi connectivity index (χ0n) is 6.37. The van der Waals surface area contributed by atoms with Crippen LogP contribution in [-0.4, -0.2) is 0 Å². The summed E-state index contributed by atoms with van der Waals surface area (Å²) in [6.07, 6.45) is 3.65. The second kappa shape index (κ2) is 5.02. The lowest BCUT2D eigenvalue weighted by Crippen LogP contribution is -1.73. The van der Waals surface area contributed by atoms with Crippen LogP contribution in [0.2, 0.25) is 0 Å². The Bertz CT molecular complexity index is 273. The van der Waals surface area contributed by atoms with Gasteiger partial charge in [-0.25, -0.2) is 0 Å². The molecule has 0 unspecified atom stereocenters. The van der Waals surface area contributed by atoms with Crippen LogP contribution >= 0.6 is 23.2 Å². The molecule has 0 radical (unpaired) electrons. The molecule has 2 heteroatoms. The van der Waals surface area contributed by atoms with Crippen LogP contribution in [0.5, 0.6) is 0 Å². The normalized spacial score (nSPS) is 11.5. The Labute approximate surface area is 82.1 Å². The molecule has 0 amide bonds. The van der Waals surface area contributed by atoms with Crippen molar-refractivity contribution in [3.8, 4) is 0 Å². The first-order chi connectivity index (χ1) is 5.86. The van der Waals surface area contributed by atoms with Crippen molar-refractivity contribution in [2.75, 3.05) is 0 Å². The highest BCUT2D eigenvalue weighted by Crippen LogP contribution is 2.09. The van der Waals surface area contributed by atoms with Crippen molar-refractivity contribution in [2.24, 2.45) is 0 Å². The maximum Gasteiger partial charge on any atom is 0.00484 e. The van der Waals surface area contributed by atoms with Crippen molar-refractivity contribution in [3.05, 3.63) is 46.5 Å². The minimum Gasteiger partial charge on any atom is -0.0929 e. The number of halogens is 2. The highest BCUT2D eigenvalue weighted by atomic mass is 35.5. The third kappa shape index (κ3) is 2.72. The summed E-state index contributed by atoms with van der Waals surface area (Å²) < 4.78 is 0. The molecule has 0 aliphatic rings. The molecule has 0 aromatic heterocycles. The topological polar surface area (TPSA) is 0 Å². The highest BCUT2D eigenvalue weighted by molar-refractivity contribution is 6.27. The number of rotatable bonds is 2. The Balaban J connectivity index is 2.95. The summed E-state index contributed by atoms with van der Waals surface area (Å²) in [5.74, 6) is 0. The predicted molar refractivity (Wildman–Crippen MR) is 56.2 cm³/mol. The molecule has 0 bridgehead atoms. The molecule has 0 saturated heterocycles. The third-order valence-corrected chi connectivity index (χ3v) is 1.67. The summed E-state index contributed by atoms with van der Waals surface area (Å²) in [6, 6.07) is 7.91. The van der Waals surface area contributed by atoms with Gasteiger partial charge in [-0.05, 0) is 29.3 Å². The fourth-order valence-electron chi connectivity index (χ4n) is 0.912. The second-order valence-corrected chi connectivity index (χ2v) is 2.76. The molecule has 0 nitrogen and oxygen atoms in total. The van der Waals surface area contributed by atoms with Gasteiger partial charge in [-0.3, -0.25) is 0 Å². The van der Waals surface area contributed by atoms with E-state index in [0.29, 0.717) is 0 Å². The van der Waals surface area contributed by atoms with E-state index < -0.39 is 0 Å². The van der Waals surface area contributed by atoms with Crippen molar-refractivity contribution < 1.29 is 0 Å². The van der Waals surface area contributed by atoms with Crippen molar-refractivity contribution >= 4 is 35.4 Å². The van der Waals surface area contributed by atoms with E-state index in [-0.39, 0.29) is 0 Å². The monoisotopic (exact) mass is 198 g/mol. The Hall–Kier alpha value is -0.720. The van der Waals surface area contributed by atoms with Crippen LogP contribution in [0.4, 0.5) is 0 Å². The first kappa shape index (κ1) is 9.37. The summed E-state index contributed by atoms with van der Waals surface area (Å²) in [7, 11) is 0. The molecule has 1 rings (SSSR count). The van der Waals surface area contributed by atoms with Gasteiger partial charge in [0.15, 0.2) is 0 Å². The fraction of sp³-hybridized carbons (Fsp3) is 0. The average molecular weight is 199 g/mol. The molecule has 0 heterocycles. The summed E-state index contributed by atoms with van der Waals surface area (Å²) in [5, 5.41) is 0. The standard InChI is InChI=1S/C10H8Cl2/c11-6-4-9-2-1-3-10(8-9)5-7-12/h1-8H/b6-4+,7-5+. The van der Waals surface area contributed by atoms with E-state index in [9.17, 15) is 0 Å². The van der Waals surface area contributed by atoms with Crippen LogP contribution in [0.1, 0.15) is 11.1 Å². The molecular formula is C10H8Cl2. The smallest absolute Gasteiger partial charge is 0.00484 e. The predicted octanol–water partition coefficient (Wildman–Crippen LogP) is 4.11. The van der Waals surface area contributed by atoms with Crippen molar-refractivity contribution in [3.63, 3.8) is 0 Å². The molecule has 62 valence electrons. The minimum atomic E-state index is 1.07. The lowest BCUT2D eigenvalue weighted by Gasteiger charge is -1.94. The van der Waals surface area contributed by atoms with Gasteiger partial charge in [0.25, 0.3) is 0 Å². The van der Waals surface area contributed by atoms with Gasteiger partial charge < -0.3 is 0 Å². The molecular weight excluding hydrogens is 191 g/mol. The maximum absolute atomic E-state index is 5.44. The van der Waals surface area contributed by atoms with E-state index in [1.807, 2.05) is 36.4 Å². The van der Waals surface area contributed by atoms with E-state index in [4.69, 9.17) is 23.2 Å². The van der Waals surface area contributed by atoms with Crippen molar-refractivity contribution in [1.29, 1.82) is 0 Å². The van der Waals surface area contributed by atoms with Gasteiger partial charge in [0.05, 0.1) is 0 Å². The number of benzene rings is 1. The number of hydrogen-bond donors (Lipinski definition) is 0. The Morgan fingerprint density at radius 1 is 0.917 bits per heavy atom. The van der Waals surface area contributed by atoms with Gasteiger partial charge >= 0.3 is 0 Å². The molecule has 0 aliphatic carbocycles. The zero-order chi connectivity index (χ0) is 8.81. The highest BCUT2D eigenvalue weighted by Gasteiger charge is 1.87. The van der Waals surface area contributed by atoms with E-state index in [1.165, 1.54) is 11.1 Å². The minimum absolute atomic E-state index is 1.07. The van der Waals surface area contributed by atoms with Gasteiger partial charge in [0.1, 0.15) is 0 Å². The van der Waals surface area contributed by atoms with Gasteiger partial charge in [0, 0.05) is 11.1 Å².